The third-order valence-electron chi connectivity index (χ3n) is 5.23. The van der Waals surface area contributed by atoms with Gasteiger partial charge in [0, 0.05) is 12.6 Å². The Balaban J connectivity index is 2.30. The SMILES string of the molecule is CCc1cccc(CN(CC(O)C(Cc2cc(O)cc(F)c2)NC(=O)CN)C(=O)OC(C)(C)C)c1. The van der Waals surface area contributed by atoms with Crippen LogP contribution >= 0.6 is 0 Å². The molecule has 2 aromatic rings. The summed E-state index contributed by atoms with van der Waals surface area (Å²) < 4.78 is 19.3. The lowest BCUT2D eigenvalue weighted by Crippen LogP contribution is -2.52. The van der Waals surface area contributed by atoms with Gasteiger partial charge in [0.15, 0.2) is 0 Å². The quantitative estimate of drug-likeness (QED) is 0.407. The van der Waals surface area contributed by atoms with E-state index in [4.69, 9.17) is 10.5 Å². The smallest absolute Gasteiger partial charge is 0.410 e. The molecule has 2 aromatic carbocycles. The van der Waals surface area contributed by atoms with Crippen LogP contribution in [0.15, 0.2) is 42.5 Å². The minimum absolute atomic E-state index is 0.00566. The van der Waals surface area contributed by atoms with E-state index in [1.165, 1.54) is 17.0 Å². The largest absolute Gasteiger partial charge is 0.508 e. The van der Waals surface area contributed by atoms with Gasteiger partial charge in [-0.3, -0.25) is 4.79 Å². The minimum Gasteiger partial charge on any atom is -0.508 e. The molecule has 5 N–H and O–H groups in total. The number of aromatic hydroxyl groups is 1. The van der Waals surface area contributed by atoms with Crippen molar-refractivity contribution in [3.05, 3.63) is 65.0 Å². The zero-order valence-corrected chi connectivity index (χ0v) is 20.8. The number of hydrogen-bond donors (Lipinski definition) is 4. The summed E-state index contributed by atoms with van der Waals surface area (Å²) in [5, 5.41) is 23.4. The van der Waals surface area contributed by atoms with Crippen molar-refractivity contribution >= 4 is 12.0 Å². The van der Waals surface area contributed by atoms with Crippen molar-refractivity contribution < 1.29 is 28.9 Å². The monoisotopic (exact) mass is 489 g/mol. The lowest BCUT2D eigenvalue weighted by Gasteiger charge is -2.32. The number of phenols is 1. The van der Waals surface area contributed by atoms with E-state index in [0.717, 1.165) is 23.6 Å². The number of aryl methyl sites for hydroxylation is 1. The van der Waals surface area contributed by atoms with Crippen molar-refractivity contribution in [2.75, 3.05) is 13.1 Å². The Labute approximate surface area is 205 Å². The summed E-state index contributed by atoms with van der Waals surface area (Å²) in [6.07, 6.45) is -1.02. The molecule has 0 aliphatic carbocycles. The topological polar surface area (TPSA) is 125 Å². The Hall–Kier alpha value is -3.17. The average molecular weight is 490 g/mol. The van der Waals surface area contributed by atoms with Crippen LogP contribution in [0.25, 0.3) is 0 Å². The van der Waals surface area contributed by atoms with E-state index in [2.05, 4.69) is 5.32 Å². The molecule has 2 amide bonds. The van der Waals surface area contributed by atoms with E-state index in [9.17, 15) is 24.2 Å². The number of nitrogens with zero attached hydrogens (tertiary/aromatic N) is 1. The van der Waals surface area contributed by atoms with Gasteiger partial charge < -0.3 is 30.9 Å². The number of ether oxygens (including phenoxy) is 1. The van der Waals surface area contributed by atoms with E-state index in [1.807, 2.05) is 31.2 Å². The number of rotatable bonds is 10. The summed E-state index contributed by atoms with van der Waals surface area (Å²) in [6.45, 7) is 6.98. The molecule has 0 saturated heterocycles. The van der Waals surface area contributed by atoms with Gasteiger partial charge in [0.1, 0.15) is 17.2 Å². The molecule has 192 valence electrons. The highest BCUT2D eigenvalue weighted by Gasteiger charge is 2.29. The van der Waals surface area contributed by atoms with Gasteiger partial charge in [-0.1, -0.05) is 31.2 Å². The van der Waals surface area contributed by atoms with Gasteiger partial charge in [-0.05, 0) is 62.4 Å². The maximum atomic E-state index is 13.8. The van der Waals surface area contributed by atoms with Gasteiger partial charge in [0.25, 0.3) is 0 Å². The molecule has 0 spiro atoms. The van der Waals surface area contributed by atoms with Crippen molar-refractivity contribution in [2.24, 2.45) is 5.73 Å². The predicted octanol–water partition coefficient (Wildman–Crippen LogP) is 2.88. The van der Waals surface area contributed by atoms with Crippen molar-refractivity contribution in [1.29, 1.82) is 0 Å². The van der Waals surface area contributed by atoms with Crippen molar-refractivity contribution in [3.8, 4) is 5.75 Å². The molecule has 0 heterocycles. The Morgan fingerprint density at radius 2 is 1.83 bits per heavy atom. The third kappa shape index (κ3) is 9.54. The standard InChI is InChI=1S/C26H36FN3O5/c1-5-17-7-6-8-18(9-17)15-30(25(34)35-26(2,3)4)16-23(32)22(29-24(33)14-28)12-19-10-20(27)13-21(31)11-19/h6-11,13,22-23,31-32H,5,12,14-16,28H2,1-4H3,(H,29,33). The highest BCUT2D eigenvalue weighted by atomic mass is 19.1. The number of carbonyl (C=O) groups is 2. The van der Waals surface area contributed by atoms with Gasteiger partial charge in [0.2, 0.25) is 5.91 Å². The van der Waals surface area contributed by atoms with Gasteiger partial charge in [-0.2, -0.15) is 0 Å². The summed E-state index contributed by atoms with van der Waals surface area (Å²) in [5.41, 5.74) is 7.01. The molecule has 0 aliphatic heterocycles. The molecule has 8 nitrogen and oxygen atoms in total. The van der Waals surface area contributed by atoms with Crippen LogP contribution in [0.4, 0.5) is 9.18 Å². The maximum Gasteiger partial charge on any atom is 0.410 e. The van der Waals surface area contributed by atoms with Crippen LogP contribution in [-0.4, -0.2) is 57.9 Å². The molecular weight excluding hydrogens is 453 g/mol. The second kappa shape index (κ2) is 12.5. The number of aliphatic hydroxyl groups excluding tert-OH is 1. The number of halogens is 1. The van der Waals surface area contributed by atoms with E-state index in [0.29, 0.717) is 5.56 Å². The van der Waals surface area contributed by atoms with E-state index >= 15 is 0 Å². The zero-order valence-electron chi connectivity index (χ0n) is 20.8. The van der Waals surface area contributed by atoms with Crippen molar-refractivity contribution in [1.82, 2.24) is 10.2 Å². The van der Waals surface area contributed by atoms with Crippen LogP contribution in [0.5, 0.6) is 5.75 Å². The first-order chi connectivity index (χ1) is 16.4. The van der Waals surface area contributed by atoms with Crippen LogP contribution in [0, 0.1) is 5.82 Å². The fourth-order valence-electron chi connectivity index (χ4n) is 3.61. The molecule has 9 heteroatoms. The molecule has 0 aliphatic rings. The van der Waals surface area contributed by atoms with Crippen LogP contribution < -0.4 is 11.1 Å². The number of carbonyl (C=O) groups excluding carboxylic acids is 2. The molecule has 0 radical (unpaired) electrons. The second-order valence-corrected chi connectivity index (χ2v) is 9.50. The second-order valence-electron chi connectivity index (χ2n) is 9.50. The number of nitrogens with one attached hydrogen (secondary N) is 1. The Morgan fingerprint density at radius 3 is 2.43 bits per heavy atom. The van der Waals surface area contributed by atoms with Gasteiger partial charge in [-0.25, -0.2) is 9.18 Å². The zero-order chi connectivity index (χ0) is 26.2. The first kappa shape index (κ1) is 28.1. The number of hydrogen-bond acceptors (Lipinski definition) is 6. The summed E-state index contributed by atoms with van der Waals surface area (Å²) >= 11 is 0. The summed E-state index contributed by atoms with van der Waals surface area (Å²) in [5.74, 6) is -1.44. The maximum absolute atomic E-state index is 13.8. The van der Waals surface area contributed by atoms with Gasteiger partial charge in [0.05, 0.1) is 25.2 Å². The molecule has 0 bridgehead atoms. The van der Waals surface area contributed by atoms with E-state index in [-0.39, 0.29) is 31.8 Å². The van der Waals surface area contributed by atoms with Crippen LogP contribution in [-0.2, 0) is 28.9 Å². The van der Waals surface area contributed by atoms with Crippen LogP contribution in [0.1, 0.15) is 44.4 Å². The molecule has 2 unspecified atom stereocenters. The molecule has 0 saturated carbocycles. The normalized spacial score (nSPS) is 13.1. The van der Waals surface area contributed by atoms with Crippen LogP contribution in [0.2, 0.25) is 0 Å². The lowest BCUT2D eigenvalue weighted by molar-refractivity contribution is -0.121. The molecule has 0 aromatic heterocycles. The van der Waals surface area contributed by atoms with Crippen molar-refractivity contribution in [3.63, 3.8) is 0 Å². The number of aliphatic hydroxyl groups is 1. The summed E-state index contributed by atoms with van der Waals surface area (Å²) in [4.78, 5) is 26.4. The Morgan fingerprint density at radius 1 is 1.14 bits per heavy atom. The Kier molecular flexibility index (Phi) is 10.0. The highest BCUT2D eigenvalue weighted by Crippen LogP contribution is 2.19. The average Bonchev–Trinajstić information content (AvgIpc) is 2.76. The van der Waals surface area contributed by atoms with Gasteiger partial charge >= 0.3 is 6.09 Å². The summed E-state index contributed by atoms with van der Waals surface area (Å²) in [6, 6.07) is 10.4. The van der Waals surface area contributed by atoms with Gasteiger partial charge in [-0.15, -0.1) is 0 Å². The highest BCUT2D eigenvalue weighted by molar-refractivity contribution is 5.78. The summed E-state index contributed by atoms with van der Waals surface area (Å²) in [7, 11) is 0. The predicted molar refractivity (Wildman–Crippen MR) is 131 cm³/mol. The van der Waals surface area contributed by atoms with E-state index in [1.54, 1.807) is 20.8 Å². The Bertz CT molecular complexity index is 988. The van der Waals surface area contributed by atoms with Crippen LogP contribution in [0.3, 0.4) is 0 Å². The third-order valence-corrected chi connectivity index (χ3v) is 5.23. The molecule has 2 atom stereocenters. The fourth-order valence-corrected chi connectivity index (χ4v) is 3.61. The lowest BCUT2D eigenvalue weighted by atomic mass is 10.00. The molecule has 35 heavy (non-hydrogen) atoms. The number of nitrogens with two attached hydrogens (primary N) is 1. The fraction of sp³-hybridized carbons (Fsp3) is 0.462. The number of amides is 2. The molecular formula is C26H36FN3O5. The number of phenolic OH excluding ortho intramolecular Hbond substituents is 1. The van der Waals surface area contributed by atoms with E-state index < -0.39 is 35.6 Å². The number of benzene rings is 2. The molecule has 0 fully saturated rings. The molecule has 2 rings (SSSR count). The minimum atomic E-state index is -1.24. The first-order valence-electron chi connectivity index (χ1n) is 11.6. The first-order valence-corrected chi connectivity index (χ1v) is 11.6. The van der Waals surface area contributed by atoms with Crippen molar-refractivity contribution in [2.45, 2.75) is 64.8 Å².